The van der Waals surface area contributed by atoms with Gasteiger partial charge in [0.25, 0.3) is 0 Å². The molecule has 1 N–H and O–H groups in total. The molecular formula is C25H19ClN4O. The Balaban J connectivity index is 1.51. The standard InChI is InChI=1S/C25H19ClN4O/c26-23-14-27-13-22-24(29-25(30(22)23)18-10-19(31)11-18)17-7-6-16-8-9-20(28-21(16)12-17)15-4-2-1-3-5-15/h1-9,12-14,18-19,31H,10-11H2. The number of aliphatic hydroxyl groups is 1. The summed E-state index contributed by atoms with van der Waals surface area (Å²) in [6.45, 7) is 0. The third kappa shape index (κ3) is 3.09. The van der Waals surface area contributed by atoms with E-state index in [1.54, 1.807) is 12.4 Å². The van der Waals surface area contributed by atoms with Crippen LogP contribution in [0, 0.1) is 0 Å². The van der Waals surface area contributed by atoms with Gasteiger partial charge in [-0.2, -0.15) is 0 Å². The average Bonchev–Trinajstić information content (AvgIpc) is 3.17. The minimum Gasteiger partial charge on any atom is -0.393 e. The Hall–Kier alpha value is -3.28. The molecule has 0 spiro atoms. The van der Waals surface area contributed by atoms with E-state index in [-0.39, 0.29) is 12.0 Å². The molecule has 1 aliphatic carbocycles. The van der Waals surface area contributed by atoms with Crippen LogP contribution in [-0.4, -0.2) is 30.6 Å². The molecule has 152 valence electrons. The van der Waals surface area contributed by atoms with Gasteiger partial charge in [0.1, 0.15) is 11.0 Å². The fourth-order valence-corrected chi connectivity index (χ4v) is 4.57. The fourth-order valence-electron chi connectivity index (χ4n) is 4.34. The predicted octanol–water partition coefficient (Wildman–Crippen LogP) is 5.50. The van der Waals surface area contributed by atoms with Gasteiger partial charge in [-0.05, 0) is 25.0 Å². The van der Waals surface area contributed by atoms with E-state index in [1.165, 1.54) is 0 Å². The highest BCUT2D eigenvalue weighted by Gasteiger charge is 2.33. The first-order valence-electron chi connectivity index (χ1n) is 10.3. The van der Waals surface area contributed by atoms with Crippen molar-refractivity contribution in [2.24, 2.45) is 0 Å². The third-order valence-corrected chi connectivity index (χ3v) is 6.31. The van der Waals surface area contributed by atoms with E-state index >= 15 is 0 Å². The number of fused-ring (bicyclic) bond motifs is 2. The van der Waals surface area contributed by atoms with Gasteiger partial charge in [0, 0.05) is 22.4 Å². The first-order valence-corrected chi connectivity index (χ1v) is 10.7. The van der Waals surface area contributed by atoms with Crippen LogP contribution in [0.15, 0.2) is 73.1 Å². The third-order valence-electron chi connectivity index (χ3n) is 6.04. The van der Waals surface area contributed by atoms with Gasteiger partial charge in [-0.3, -0.25) is 9.38 Å². The lowest BCUT2D eigenvalue weighted by molar-refractivity contribution is 0.0715. The van der Waals surface area contributed by atoms with E-state index in [0.717, 1.165) is 44.8 Å². The molecule has 0 unspecified atom stereocenters. The number of nitrogens with zero attached hydrogens (tertiary/aromatic N) is 4. The highest BCUT2D eigenvalue weighted by atomic mass is 35.5. The zero-order valence-corrected chi connectivity index (χ0v) is 17.4. The summed E-state index contributed by atoms with van der Waals surface area (Å²) in [5.41, 5.74) is 5.61. The molecule has 0 atom stereocenters. The summed E-state index contributed by atoms with van der Waals surface area (Å²) in [6.07, 6.45) is 4.58. The fraction of sp³-hybridized carbons (Fsp3) is 0.160. The number of rotatable bonds is 3. The maximum Gasteiger partial charge on any atom is 0.133 e. The lowest BCUT2D eigenvalue weighted by Gasteiger charge is -2.30. The Kier molecular flexibility index (Phi) is 4.26. The van der Waals surface area contributed by atoms with Crippen LogP contribution < -0.4 is 0 Å². The largest absolute Gasteiger partial charge is 0.393 e. The minimum atomic E-state index is -0.261. The highest BCUT2D eigenvalue weighted by Crippen LogP contribution is 2.40. The molecule has 2 aromatic carbocycles. The molecule has 0 saturated heterocycles. The van der Waals surface area contributed by atoms with E-state index in [9.17, 15) is 5.11 Å². The zero-order valence-electron chi connectivity index (χ0n) is 16.6. The first kappa shape index (κ1) is 18.5. The number of hydrogen-bond acceptors (Lipinski definition) is 4. The van der Waals surface area contributed by atoms with Crippen LogP contribution in [0.3, 0.4) is 0 Å². The monoisotopic (exact) mass is 426 g/mol. The molecule has 3 aromatic heterocycles. The molecule has 1 saturated carbocycles. The van der Waals surface area contributed by atoms with Crippen molar-refractivity contribution >= 4 is 28.0 Å². The quantitative estimate of drug-likeness (QED) is 0.413. The van der Waals surface area contributed by atoms with Crippen molar-refractivity contribution in [3.8, 4) is 22.5 Å². The molecule has 31 heavy (non-hydrogen) atoms. The topological polar surface area (TPSA) is 63.3 Å². The molecule has 5 aromatic rings. The van der Waals surface area contributed by atoms with Gasteiger partial charge in [-0.25, -0.2) is 9.97 Å². The molecule has 0 amide bonds. The smallest absolute Gasteiger partial charge is 0.133 e. The van der Waals surface area contributed by atoms with Crippen molar-refractivity contribution in [2.75, 3.05) is 0 Å². The van der Waals surface area contributed by atoms with Crippen molar-refractivity contribution in [1.29, 1.82) is 0 Å². The second-order valence-corrected chi connectivity index (χ2v) is 8.45. The number of pyridine rings is 1. The Morgan fingerprint density at radius 1 is 0.903 bits per heavy atom. The minimum absolute atomic E-state index is 0.194. The van der Waals surface area contributed by atoms with Crippen LogP contribution in [0.5, 0.6) is 0 Å². The van der Waals surface area contributed by atoms with Crippen LogP contribution >= 0.6 is 11.6 Å². The van der Waals surface area contributed by atoms with Gasteiger partial charge >= 0.3 is 0 Å². The molecule has 6 rings (SSSR count). The first-order chi connectivity index (χ1) is 15.2. The predicted molar refractivity (Wildman–Crippen MR) is 122 cm³/mol. The van der Waals surface area contributed by atoms with Gasteiger partial charge in [0.2, 0.25) is 0 Å². The Labute approximate surface area is 184 Å². The van der Waals surface area contributed by atoms with Gasteiger partial charge in [0.05, 0.1) is 40.9 Å². The summed E-state index contributed by atoms with van der Waals surface area (Å²) in [5.74, 6) is 1.08. The van der Waals surface area contributed by atoms with Crippen LogP contribution in [-0.2, 0) is 0 Å². The maximum atomic E-state index is 9.79. The van der Waals surface area contributed by atoms with Crippen LogP contribution in [0.2, 0.25) is 5.15 Å². The Bertz CT molecular complexity index is 1420. The van der Waals surface area contributed by atoms with E-state index in [1.807, 2.05) is 28.7 Å². The number of halogens is 1. The summed E-state index contributed by atoms with van der Waals surface area (Å²) < 4.78 is 1.96. The molecule has 6 heteroatoms. The van der Waals surface area contributed by atoms with Crippen molar-refractivity contribution < 1.29 is 5.11 Å². The zero-order chi connectivity index (χ0) is 20.9. The molecule has 1 aliphatic rings. The number of hydrogen-bond donors (Lipinski definition) is 1. The normalized spacial score (nSPS) is 18.4. The summed E-state index contributed by atoms with van der Waals surface area (Å²) in [6, 6.07) is 20.5. The Morgan fingerprint density at radius 3 is 2.52 bits per heavy atom. The molecule has 0 bridgehead atoms. The number of benzene rings is 2. The van der Waals surface area contributed by atoms with Crippen LogP contribution in [0.25, 0.3) is 38.9 Å². The molecule has 0 radical (unpaired) electrons. The summed E-state index contributed by atoms with van der Waals surface area (Å²) in [5, 5.41) is 11.4. The van der Waals surface area contributed by atoms with Crippen molar-refractivity contribution in [1.82, 2.24) is 19.4 Å². The summed E-state index contributed by atoms with van der Waals surface area (Å²) >= 11 is 6.49. The Morgan fingerprint density at radius 2 is 1.71 bits per heavy atom. The van der Waals surface area contributed by atoms with Gasteiger partial charge in [-0.15, -0.1) is 0 Å². The number of aliphatic hydroxyl groups excluding tert-OH is 1. The van der Waals surface area contributed by atoms with E-state index in [4.69, 9.17) is 21.6 Å². The van der Waals surface area contributed by atoms with Gasteiger partial charge in [-0.1, -0.05) is 60.1 Å². The number of imidazole rings is 1. The highest BCUT2D eigenvalue weighted by molar-refractivity contribution is 6.29. The van der Waals surface area contributed by atoms with Crippen LogP contribution in [0.4, 0.5) is 0 Å². The van der Waals surface area contributed by atoms with E-state index in [2.05, 4.69) is 41.4 Å². The summed E-state index contributed by atoms with van der Waals surface area (Å²) in [4.78, 5) is 14.2. The molecule has 1 fully saturated rings. The second-order valence-electron chi connectivity index (χ2n) is 8.06. The van der Waals surface area contributed by atoms with Gasteiger partial charge < -0.3 is 5.11 Å². The molecule has 3 heterocycles. The van der Waals surface area contributed by atoms with Gasteiger partial charge in [0.15, 0.2) is 0 Å². The van der Waals surface area contributed by atoms with Crippen molar-refractivity contribution in [3.63, 3.8) is 0 Å². The van der Waals surface area contributed by atoms with Crippen molar-refractivity contribution in [3.05, 3.63) is 84.0 Å². The lowest BCUT2D eigenvalue weighted by Crippen LogP contribution is -2.28. The lowest BCUT2D eigenvalue weighted by atomic mass is 9.82. The van der Waals surface area contributed by atoms with Crippen LogP contribution in [0.1, 0.15) is 24.6 Å². The van der Waals surface area contributed by atoms with E-state index < -0.39 is 0 Å². The average molecular weight is 427 g/mol. The second kappa shape index (κ2) is 7.15. The SMILES string of the molecule is OC1CC(c2nc(-c3ccc4ccc(-c5ccccc5)nc4c3)c3cncc(Cl)n23)C1. The number of aromatic nitrogens is 4. The molecule has 0 aliphatic heterocycles. The molecule has 5 nitrogen and oxygen atoms in total. The maximum absolute atomic E-state index is 9.79. The van der Waals surface area contributed by atoms with E-state index in [0.29, 0.717) is 18.0 Å². The molecular weight excluding hydrogens is 408 g/mol. The van der Waals surface area contributed by atoms with Crippen molar-refractivity contribution in [2.45, 2.75) is 24.9 Å². The summed E-state index contributed by atoms with van der Waals surface area (Å²) in [7, 11) is 0.